The van der Waals surface area contributed by atoms with Crippen LogP contribution in [0.2, 0.25) is 0 Å². The molecule has 1 N–H and O–H groups in total. The molecule has 0 radical (unpaired) electrons. The summed E-state index contributed by atoms with van der Waals surface area (Å²) >= 11 is 0. The molecular weight excluding hydrogens is 503 g/mol. The Kier molecular flexibility index (Phi) is 6.88. The number of nitrogens with one attached hydrogen (secondary N) is 1. The van der Waals surface area contributed by atoms with Gasteiger partial charge in [0, 0.05) is 44.7 Å². The molecule has 0 bridgehead atoms. The van der Waals surface area contributed by atoms with E-state index in [0.717, 1.165) is 51.1 Å². The summed E-state index contributed by atoms with van der Waals surface area (Å²) in [5.41, 5.74) is 2.17. The SMILES string of the molecule is CCNS(=O)(=O)c1ccc(CN2CC3(CCN(c4ncnc5ccc(CC(F)(F)F)cc45)CC3)C2)cc1. The van der Waals surface area contributed by atoms with Gasteiger partial charge in [0.05, 0.1) is 16.8 Å². The molecule has 0 atom stereocenters. The Labute approximate surface area is 214 Å². The molecule has 1 spiro atoms. The van der Waals surface area contributed by atoms with E-state index in [1.807, 2.05) is 12.1 Å². The van der Waals surface area contributed by atoms with Crippen molar-refractivity contribution in [3.05, 3.63) is 59.9 Å². The molecule has 2 aliphatic heterocycles. The van der Waals surface area contributed by atoms with Crippen LogP contribution in [0, 0.1) is 5.41 Å². The molecule has 198 valence electrons. The molecule has 11 heteroatoms. The van der Waals surface area contributed by atoms with E-state index in [1.54, 1.807) is 31.2 Å². The fraction of sp³-hybridized carbons (Fsp3) is 0.462. The number of rotatable bonds is 7. The van der Waals surface area contributed by atoms with Gasteiger partial charge in [0.15, 0.2) is 0 Å². The van der Waals surface area contributed by atoms with Gasteiger partial charge in [-0.05, 0) is 53.6 Å². The Hall–Kier alpha value is -2.76. The number of hydrogen-bond acceptors (Lipinski definition) is 6. The minimum Gasteiger partial charge on any atom is -0.356 e. The summed E-state index contributed by atoms with van der Waals surface area (Å²) in [4.78, 5) is 13.5. The second kappa shape index (κ2) is 9.85. The maximum Gasteiger partial charge on any atom is 0.393 e. The zero-order valence-electron chi connectivity index (χ0n) is 20.6. The van der Waals surface area contributed by atoms with E-state index in [1.165, 1.54) is 12.4 Å². The Bertz CT molecular complexity index is 1360. The number of sulfonamides is 1. The van der Waals surface area contributed by atoms with Gasteiger partial charge in [-0.2, -0.15) is 13.2 Å². The van der Waals surface area contributed by atoms with Gasteiger partial charge in [0.25, 0.3) is 0 Å². The van der Waals surface area contributed by atoms with Gasteiger partial charge in [0.1, 0.15) is 12.1 Å². The van der Waals surface area contributed by atoms with Crippen LogP contribution in [0.4, 0.5) is 19.0 Å². The third-order valence-electron chi connectivity index (χ3n) is 7.30. The first-order valence-electron chi connectivity index (χ1n) is 12.4. The van der Waals surface area contributed by atoms with Crippen molar-refractivity contribution in [1.29, 1.82) is 0 Å². The van der Waals surface area contributed by atoms with Crippen molar-refractivity contribution in [2.24, 2.45) is 5.41 Å². The van der Waals surface area contributed by atoms with Crippen LogP contribution in [0.3, 0.4) is 0 Å². The molecule has 0 unspecified atom stereocenters. The van der Waals surface area contributed by atoms with Crippen LogP contribution in [0.5, 0.6) is 0 Å². The number of fused-ring (bicyclic) bond motifs is 1. The van der Waals surface area contributed by atoms with E-state index in [4.69, 9.17) is 0 Å². The number of alkyl halides is 3. The molecule has 37 heavy (non-hydrogen) atoms. The van der Waals surface area contributed by atoms with Gasteiger partial charge in [-0.3, -0.25) is 4.90 Å². The molecule has 2 fully saturated rings. The zero-order chi connectivity index (χ0) is 26.3. The highest BCUT2D eigenvalue weighted by Gasteiger charge is 2.44. The van der Waals surface area contributed by atoms with E-state index in [0.29, 0.717) is 23.3 Å². The van der Waals surface area contributed by atoms with Gasteiger partial charge < -0.3 is 4.90 Å². The summed E-state index contributed by atoms with van der Waals surface area (Å²) in [7, 11) is -3.45. The van der Waals surface area contributed by atoms with Crippen molar-refractivity contribution in [3.63, 3.8) is 0 Å². The number of piperidine rings is 1. The standard InChI is InChI=1S/C26H30F3N5O2S/c1-2-32-37(35,36)21-6-3-19(4-7-21)15-33-16-25(17-33)9-11-34(12-10-25)24-22-13-20(14-26(27,28)29)5-8-23(22)30-18-31-24/h3-8,13,18,32H,2,9-12,14-17H2,1H3. The van der Waals surface area contributed by atoms with Crippen molar-refractivity contribution < 1.29 is 21.6 Å². The molecule has 2 aromatic carbocycles. The molecule has 3 aromatic rings. The van der Waals surface area contributed by atoms with Gasteiger partial charge in [0.2, 0.25) is 10.0 Å². The van der Waals surface area contributed by atoms with Gasteiger partial charge in [-0.25, -0.2) is 23.1 Å². The van der Waals surface area contributed by atoms with Crippen LogP contribution in [-0.4, -0.2) is 62.2 Å². The molecule has 0 amide bonds. The summed E-state index contributed by atoms with van der Waals surface area (Å²) in [6.45, 7) is 6.40. The smallest absolute Gasteiger partial charge is 0.356 e. The molecule has 0 aliphatic carbocycles. The van der Waals surface area contributed by atoms with Crippen molar-refractivity contribution in [1.82, 2.24) is 19.6 Å². The summed E-state index contributed by atoms with van der Waals surface area (Å²) in [6.07, 6.45) is -1.78. The summed E-state index contributed by atoms with van der Waals surface area (Å²) < 4.78 is 65.5. The van der Waals surface area contributed by atoms with Gasteiger partial charge in [-0.15, -0.1) is 0 Å². The average molecular weight is 534 g/mol. The third-order valence-corrected chi connectivity index (χ3v) is 8.86. The lowest BCUT2D eigenvalue weighted by atomic mass is 9.72. The van der Waals surface area contributed by atoms with Crippen LogP contribution in [-0.2, 0) is 23.0 Å². The van der Waals surface area contributed by atoms with Crippen LogP contribution < -0.4 is 9.62 Å². The quantitative estimate of drug-likeness (QED) is 0.492. The number of likely N-dealkylation sites (tertiary alicyclic amines) is 1. The predicted molar refractivity (Wildman–Crippen MR) is 136 cm³/mol. The van der Waals surface area contributed by atoms with E-state index in [-0.39, 0.29) is 15.9 Å². The summed E-state index contributed by atoms with van der Waals surface area (Å²) in [6, 6.07) is 11.7. The maximum absolute atomic E-state index is 12.9. The molecule has 0 saturated carbocycles. The minimum absolute atomic E-state index is 0.214. The van der Waals surface area contributed by atoms with Crippen LogP contribution in [0.15, 0.2) is 53.7 Å². The minimum atomic E-state index is -4.26. The van der Waals surface area contributed by atoms with E-state index >= 15 is 0 Å². The Morgan fingerprint density at radius 1 is 1.00 bits per heavy atom. The third kappa shape index (κ3) is 5.73. The fourth-order valence-electron chi connectivity index (χ4n) is 5.51. The first kappa shape index (κ1) is 25.9. The Morgan fingerprint density at radius 2 is 1.68 bits per heavy atom. The molecule has 1 aromatic heterocycles. The largest absolute Gasteiger partial charge is 0.393 e. The van der Waals surface area contributed by atoms with Crippen molar-refractivity contribution in [2.75, 3.05) is 37.6 Å². The number of halogens is 3. The number of hydrogen-bond donors (Lipinski definition) is 1. The monoisotopic (exact) mass is 533 g/mol. The van der Waals surface area contributed by atoms with Crippen molar-refractivity contribution in [3.8, 4) is 0 Å². The van der Waals surface area contributed by atoms with E-state index in [2.05, 4.69) is 24.5 Å². The Balaban J connectivity index is 1.19. The molecule has 7 nitrogen and oxygen atoms in total. The highest BCUT2D eigenvalue weighted by molar-refractivity contribution is 7.89. The number of benzene rings is 2. The predicted octanol–water partition coefficient (Wildman–Crippen LogP) is 4.14. The lowest BCUT2D eigenvalue weighted by molar-refractivity contribution is -0.127. The first-order chi connectivity index (χ1) is 17.6. The van der Waals surface area contributed by atoms with E-state index < -0.39 is 22.6 Å². The molecule has 5 rings (SSSR count). The van der Waals surface area contributed by atoms with E-state index in [9.17, 15) is 21.6 Å². The molecule has 2 aliphatic rings. The zero-order valence-corrected chi connectivity index (χ0v) is 21.4. The second-order valence-electron chi connectivity index (χ2n) is 10.1. The second-order valence-corrected chi connectivity index (χ2v) is 11.9. The normalized spacial score (nSPS) is 18.3. The number of anilines is 1. The number of aromatic nitrogens is 2. The first-order valence-corrected chi connectivity index (χ1v) is 13.9. The van der Waals surface area contributed by atoms with Gasteiger partial charge in [-0.1, -0.05) is 25.1 Å². The van der Waals surface area contributed by atoms with Crippen molar-refractivity contribution in [2.45, 2.75) is 43.8 Å². The lowest BCUT2D eigenvalue weighted by Crippen LogP contribution is -2.59. The highest BCUT2D eigenvalue weighted by Crippen LogP contribution is 2.42. The lowest BCUT2D eigenvalue weighted by Gasteiger charge is -2.54. The molecular formula is C26H30F3N5O2S. The summed E-state index contributed by atoms with van der Waals surface area (Å²) in [5, 5.41) is 0.662. The fourth-order valence-corrected chi connectivity index (χ4v) is 6.55. The molecule has 3 heterocycles. The Morgan fingerprint density at radius 3 is 2.32 bits per heavy atom. The average Bonchev–Trinajstić information content (AvgIpc) is 2.82. The maximum atomic E-state index is 12.9. The molecule has 2 saturated heterocycles. The van der Waals surface area contributed by atoms with Crippen LogP contribution >= 0.6 is 0 Å². The van der Waals surface area contributed by atoms with Gasteiger partial charge >= 0.3 is 6.18 Å². The topological polar surface area (TPSA) is 78.4 Å². The van der Waals surface area contributed by atoms with Crippen LogP contribution in [0.25, 0.3) is 10.9 Å². The highest BCUT2D eigenvalue weighted by atomic mass is 32.2. The number of nitrogens with zero attached hydrogens (tertiary/aromatic N) is 4. The van der Waals surface area contributed by atoms with Crippen LogP contribution in [0.1, 0.15) is 30.9 Å². The van der Waals surface area contributed by atoms with Crippen molar-refractivity contribution >= 4 is 26.7 Å². The summed E-state index contributed by atoms with van der Waals surface area (Å²) in [5.74, 6) is 0.702.